The van der Waals surface area contributed by atoms with Gasteiger partial charge in [0.15, 0.2) is 5.60 Å². The van der Waals surface area contributed by atoms with Crippen molar-refractivity contribution in [1.82, 2.24) is 4.98 Å². The van der Waals surface area contributed by atoms with Gasteiger partial charge in [-0.25, -0.2) is 13.6 Å². The molecule has 0 fully saturated rings. The van der Waals surface area contributed by atoms with E-state index < -0.39 is 21.5 Å². The van der Waals surface area contributed by atoms with E-state index in [1.54, 1.807) is 24.4 Å². The van der Waals surface area contributed by atoms with Gasteiger partial charge in [-0.05, 0) is 59.7 Å². The van der Waals surface area contributed by atoms with Gasteiger partial charge in [0.2, 0.25) is 10.0 Å². The number of nitrogens with two attached hydrogens (primary N) is 1. The summed E-state index contributed by atoms with van der Waals surface area (Å²) in [6, 6.07) is 19.7. The highest BCUT2D eigenvalue weighted by Gasteiger charge is 2.51. The molecule has 4 aromatic rings. The van der Waals surface area contributed by atoms with Gasteiger partial charge in [-0.1, -0.05) is 35.9 Å². The Bertz CT molecular complexity index is 1520. The molecule has 0 aliphatic carbocycles. The lowest BCUT2D eigenvalue weighted by Crippen LogP contribution is -2.40. The van der Waals surface area contributed by atoms with E-state index in [-0.39, 0.29) is 17.0 Å². The zero-order valence-electron chi connectivity index (χ0n) is 17.1. The zero-order chi connectivity index (χ0) is 23.4. The maximum absolute atomic E-state index is 13.6. The van der Waals surface area contributed by atoms with Crippen molar-refractivity contribution in [2.45, 2.75) is 17.0 Å². The Balaban J connectivity index is 1.59. The lowest BCUT2D eigenvalue weighted by Gasteiger charge is -2.24. The fourth-order valence-electron chi connectivity index (χ4n) is 4.18. The largest absolute Gasteiger partial charge is 0.372 e. The van der Waals surface area contributed by atoms with Gasteiger partial charge in [-0.2, -0.15) is 0 Å². The van der Waals surface area contributed by atoms with Crippen LogP contribution in [0.1, 0.15) is 16.7 Å². The van der Waals surface area contributed by atoms with Gasteiger partial charge in [-0.15, -0.1) is 0 Å². The van der Waals surface area contributed by atoms with Gasteiger partial charge in [0.05, 0.1) is 22.6 Å². The Kier molecular flexibility index (Phi) is 4.98. The van der Waals surface area contributed by atoms with Crippen LogP contribution in [0.2, 0.25) is 5.02 Å². The van der Waals surface area contributed by atoms with Crippen LogP contribution in [-0.2, 0) is 27.0 Å². The molecule has 0 radical (unpaired) electrons. The van der Waals surface area contributed by atoms with Crippen LogP contribution in [0.4, 0.5) is 5.69 Å². The van der Waals surface area contributed by atoms with Crippen LogP contribution in [0.25, 0.3) is 10.9 Å². The number of aromatic nitrogens is 1. The summed E-state index contributed by atoms with van der Waals surface area (Å²) in [6.45, 7) is 0.218. The summed E-state index contributed by atoms with van der Waals surface area (Å²) < 4.78 is 23.2. The Morgan fingerprint density at radius 3 is 2.52 bits per heavy atom. The van der Waals surface area contributed by atoms with E-state index in [9.17, 15) is 18.3 Å². The van der Waals surface area contributed by atoms with Crippen molar-refractivity contribution >= 4 is 44.1 Å². The van der Waals surface area contributed by atoms with Crippen LogP contribution >= 0.6 is 11.6 Å². The van der Waals surface area contributed by atoms with Crippen LogP contribution in [0.3, 0.4) is 0 Å². The van der Waals surface area contributed by atoms with Gasteiger partial charge >= 0.3 is 0 Å². The number of hydrogen-bond donors (Lipinski definition) is 2. The van der Waals surface area contributed by atoms with E-state index >= 15 is 0 Å². The third-order valence-electron chi connectivity index (χ3n) is 5.80. The third-order valence-corrected chi connectivity index (χ3v) is 6.97. The molecule has 2 heterocycles. The highest BCUT2D eigenvalue weighted by atomic mass is 35.5. The number of hydrogen-bond acceptors (Lipinski definition) is 5. The normalized spacial score (nSPS) is 18.0. The van der Waals surface area contributed by atoms with Crippen LogP contribution in [0, 0.1) is 0 Å². The van der Waals surface area contributed by atoms with Crippen molar-refractivity contribution in [3.05, 3.63) is 101 Å². The maximum atomic E-state index is 13.6. The molecule has 0 bridgehead atoms. The summed E-state index contributed by atoms with van der Waals surface area (Å²) in [5.41, 5.74) is 0.731. The van der Waals surface area contributed by atoms with Gasteiger partial charge in [0.1, 0.15) is 0 Å². The molecular weight excluding hydrogens is 462 g/mol. The number of amides is 1. The lowest BCUT2D eigenvalue weighted by molar-refractivity contribution is -0.132. The molecule has 1 atom stereocenters. The zero-order valence-corrected chi connectivity index (χ0v) is 18.7. The highest BCUT2D eigenvalue weighted by molar-refractivity contribution is 7.89. The smallest absolute Gasteiger partial charge is 0.268 e. The minimum absolute atomic E-state index is 0.117. The van der Waals surface area contributed by atoms with Crippen molar-refractivity contribution in [3.63, 3.8) is 0 Å². The fourth-order valence-corrected chi connectivity index (χ4v) is 4.87. The first-order valence-electron chi connectivity index (χ1n) is 9.99. The van der Waals surface area contributed by atoms with E-state index in [2.05, 4.69) is 4.98 Å². The molecule has 1 aliphatic rings. The Hall–Kier alpha value is -3.30. The van der Waals surface area contributed by atoms with Crippen LogP contribution < -0.4 is 10.0 Å². The van der Waals surface area contributed by atoms with Crippen molar-refractivity contribution < 1.29 is 18.3 Å². The van der Waals surface area contributed by atoms with Crippen LogP contribution in [0.15, 0.2) is 83.9 Å². The summed E-state index contributed by atoms with van der Waals surface area (Å²) >= 11 is 6.20. The average molecular weight is 480 g/mol. The monoisotopic (exact) mass is 479 g/mol. The van der Waals surface area contributed by atoms with E-state index in [4.69, 9.17) is 16.7 Å². The maximum Gasteiger partial charge on any atom is 0.268 e. The summed E-state index contributed by atoms with van der Waals surface area (Å²) in [5.74, 6) is -0.561. The van der Waals surface area contributed by atoms with Crippen molar-refractivity contribution in [3.8, 4) is 0 Å². The molecule has 5 rings (SSSR count). The lowest BCUT2D eigenvalue weighted by atomic mass is 9.87. The third kappa shape index (κ3) is 3.57. The summed E-state index contributed by atoms with van der Waals surface area (Å²) in [6.07, 6.45) is 1.72. The highest BCUT2D eigenvalue weighted by Crippen LogP contribution is 2.46. The molecule has 7 nitrogen and oxygen atoms in total. The van der Waals surface area contributed by atoms with E-state index in [0.717, 1.165) is 16.5 Å². The first-order valence-corrected chi connectivity index (χ1v) is 11.9. The van der Waals surface area contributed by atoms with Gasteiger partial charge in [-0.3, -0.25) is 9.78 Å². The number of pyridine rings is 1. The molecule has 0 spiro atoms. The Morgan fingerprint density at radius 1 is 1.03 bits per heavy atom. The number of benzene rings is 3. The minimum atomic E-state index is -3.92. The van der Waals surface area contributed by atoms with Gasteiger partial charge in [0.25, 0.3) is 5.91 Å². The Morgan fingerprint density at radius 2 is 1.79 bits per heavy atom. The molecule has 3 N–H and O–H groups in total. The number of anilines is 1. The van der Waals surface area contributed by atoms with Gasteiger partial charge < -0.3 is 10.0 Å². The summed E-state index contributed by atoms with van der Waals surface area (Å²) in [7, 11) is -3.92. The summed E-state index contributed by atoms with van der Waals surface area (Å²) in [5, 5.41) is 18.2. The number of fused-ring (bicyclic) bond motifs is 2. The number of primary sulfonamides is 1. The fraction of sp³-hybridized carbons (Fsp3) is 0.0833. The first kappa shape index (κ1) is 21.5. The second kappa shape index (κ2) is 7.64. The molecule has 1 aliphatic heterocycles. The molecule has 33 heavy (non-hydrogen) atoms. The molecule has 0 saturated carbocycles. The molecule has 0 saturated heterocycles. The predicted molar refractivity (Wildman–Crippen MR) is 125 cm³/mol. The number of carbonyl (C=O) groups excluding carboxylic acids is 1. The van der Waals surface area contributed by atoms with Crippen LogP contribution in [-0.4, -0.2) is 24.4 Å². The molecule has 166 valence electrons. The topological polar surface area (TPSA) is 114 Å². The number of carbonyl (C=O) groups is 1. The standard InChI is InChI=1S/C24H18ClN3O4S/c25-18-6-10-22-20(13-18)24(30,17-4-7-19(8-5-17)33(26,31)32)23(29)28(22)14-15-3-9-21-16(12-15)2-1-11-27-21/h1-13,30H,14H2,(H2,26,31,32). The quantitative estimate of drug-likeness (QED) is 0.466. The summed E-state index contributed by atoms with van der Waals surface area (Å²) in [4.78, 5) is 19.3. The number of nitrogens with zero attached hydrogens (tertiary/aromatic N) is 2. The minimum Gasteiger partial charge on any atom is -0.372 e. The Labute approximate surface area is 195 Å². The predicted octanol–water partition coefficient (Wildman–Crippen LogP) is 3.32. The van der Waals surface area contributed by atoms with E-state index in [1.165, 1.54) is 29.2 Å². The number of rotatable bonds is 4. The van der Waals surface area contributed by atoms with Gasteiger partial charge in [0, 0.05) is 22.2 Å². The molecule has 1 amide bonds. The average Bonchev–Trinajstić information content (AvgIpc) is 3.01. The van der Waals surface area contributed by atoms with E-state index in [0.29, 0.717) is 16.3 Å². The van der Waals surface area contributed by atoms with Crippen molar-refractivity contribution in [2.24, 2.45) is 5.14 Å². The molecule has 9 heteroatoms. The molecule has 1 aromatic heterocycles. The number of halogens is 1. The molecular formula is C24H18ClN3O4S. The van der Waals surface area contributed by atoms with Crippen LogP contribution in [0.5, 0.6) is 0 Å². The molecule has 1 unspecified atom stereocenters. The second-order valence-corrected chi connectivity index (χ2v) is 9.86. The van der Waals surface area contributed by atoms with E-state index in [1.807, 2.05) is 30.3 Å². The first-order chi connectivity index (χ1) is 15.7. The number of sulfonamides is 1. The van der Waals surface area contributed by atoms with Crippen molar-refractivity contribution in [2.75, 3.05) is 4.90 Å². The number of aliphatic hydroxyl groups is 1. The SMILES string of the molecule is NS(=O)(=O)c1ccc(C2(O)C(=O)N(Cc3ccc4ncccc4c3)c3ccc(Cl)cc32)cc1. The second-order valence-electron chi connectivity index (χ2n) is 7.86. The molecule has 3 aromatic carbocycles. The van der Waals surface area contributed by atoms with Crippen molar-refractivity contribution in [1.29, 1.82) is 0 Å².